The molecule has 1 fully saturated rings. The Balaban J connectivity index is 1.25. The van der Waals surface area contributed by atoms with Crippen LogP contribution in [0, 0.1) is 0 Å². The first-order valence-electron chi connectivity index (χ1n) is 17.0. The number of hydrogen-bond donors (Lipinski definition) is 0. The SMILES string of the molecule is COc1cc(-c2cc(CN3CCN(Cc4ccnc(-c5cc(OC)c(OC)c(OC)c5)c4)[C@@H](Cc4ccccc4)C3=O)ccn2)cc(OC)c1OC. The number of benzene rings is 3. The zero-order chi connectivity index (χ0) is 36.6. The van der Waals surface area contributed by atoms with Gasteiger partial charge in [0.1, 0.15) is 0 Å². The Hall–Kier alpha value is -5.81. The van der Waals surface area contributed by atoms with Crippen molar-refractivity contribution in [3.8, 4) is 57.0 Å². The number of methoxy groups -OCH3 is 6. The summed E-state index contributed by atoms with van der Waals surface area (Å²) in [6, 6.07) is 25.4. The molecule has 270 valence electrons. The van der Waals surface area contributed by atoms with Gasteiger partial charge in [0.05, 0.1) is 60.1 Å². The van der Waals surface area contributed by atoms with E-state index in [1.807, 2.05) is 65.6 Å². The second kappa shape index (κ2) is 16.5. The number of carbonyl (C=O) groups excluding carboxylic acids is 1. The maximum atomic E-state index is 14.4. The fourth-order valence-corrected chi connectivity index (χ4v) is 6.66. The number of amides is 1. The molecule has 0 radical (unpaired) electrons. The molecule has 1 aliphatic rings. The highest BCUT2D eigenvalue weighted by Gasteiger charge is 2.35. The van der Waals surface area contributed by atoms with Gasteiger partial charge in [0.15, 0.2) is 23.0 Å². The summed E-state index contributed by atoms with van der Waals surface area (Å²) in [5.41, 5.74) is 6.28. The van der Waals surface area contributed by atoms with Crippen molar-refractivity contribution in [2.24, 2.45) is 0 Å². The van der Waals surface area contributed by atoms with Crippen molar-refractivity contribution >= 4 is 5.91 Å². The molecule has 1 aliphatic heterocycles. The topological polar surface area (TPSA) is 105 Å². The fourth-order valence-electron chi connectivity index (χ4n) is 6.66. The van der Waals surface area contributed by atoms with E-state index in [1.165, 1.54) is 0 Å². The molecule has 1 amide bonds. The number of ether oxygens (including phenoxy) is 6. The third kappa shape index (κ3) is 7.74. The molecule has 5 aromatic rings. The Kier molecular flexibility index (Phi) is 11.4. The van der Waals surface area contributed by atoms with Crippen molar-refractivity contribution in [2.45, 2.75) is 25.6 Å². The summed E-state index contributed by atoms with van der Waals surface area (Å²) in [6.45, 7) is 2.32. The van der Waals surface area contributed by atoms with Gasteiger partial charge in [-0.1, -0.05) is 30.3 Å². The molecular formula is C41H44N4O7. The van der Waals surface area contributed by atoms with Crippen LogP contribution in [0.25, 0.3) is 22.5 Å². The number of hydrogen-bond acceptors (Lipinski definition) is 10. The molecule has 0 spiro atoms. The second-order valence-corrected chi connectivity index (χ2v) is 12.4. The Bertz CT molecular complexity index is 1960. The largest absolute Gasteiger partial charge is 0.493 e. The number of carbonyl (C=O) groups is 1. The minimum Gasteiger partial charge on any atom is -0.493 e. The average Bonchev–Trinajstić information content (AvgIpc) is 3.19. The second-order valence-electron chi connectivity index (χ2n) is 12.4. The molecule has 0 aliphatic carbocycles. The first kappa shape index (κ1) is 36.0. The summed E-state index contributed by atoms with van der Waals surface area (Å²) < 4.78 is 33.3. The van der Waals surface area contributed by atoms with Crippen LogP contribution in [-0.4, -0.2) is 87.5 Å². The van der Waals surface area contributed by atoms with Gasteiger partial charge in [-0.2, -0.15) is 0 Å². The lowest BCUT2D eigenvalue weighted by molar-refractivity contribution is -0.142. The van der Waals surface area contributed by atoms with E-state index in [0.29, 0.717) is 67.1 Å². The molecule has 3 heterocycles. The van der Waals surface area contributed by atoms with Crippen LogP contribution in [-0.2, 0) is 24.3 Å². The molecule has 6 rings (SSSR count). The standard InChI is InChI=1S/C41H44N4O7/c1-47-35-21-30(22-36(48-2)39(35)51-5)32-18-28(12-14-42-32)25-44-16-17-45(41(46)34(44)20-27-10-8-7-9-11-27)26-29-13-15-43-33(19-29)31-23-37(49-3)40(52-6)38(24-31)50-4/h7-15,18-19,21-24,34H,16-17,20,25-26H2,1-6H3/t34-/m0/s1. The van der Waals surface area contributed by atoms with Gasteiger partial charge in [-0.25, -0.2) is 0 Å². The molecule has 2 aromatic heterocycles. The number of piperazine rings is 1. The molecule has 0 unspecified atom stereocenters. The van der Waals surface area contributed by atoms with Gasteiger partial charge < -0.3 is 33.3 Å². The average molecular weight is 705 g/mol. The smallest absolute Gasteiger partial charge is 0.240 e. The van der Waals surface area contributed by atoms with Gasteiger partial charge in [-0.15, -0.1) is 0 Å². The summed E-state index contributed by atoms with van der Waals surface area (Å²) in [5, 5.41) is 0. The summed E-state index contributed by atoms with van der Waals surface area (Å²) in [6.07, 6.45) is 4.16. The lowest BCUT2D eigenvalue weighted by Gasteiger charge is -2.41. The molecule has 1 atom stereocenters. The van der Waals surface area contributed by atoms with E-state index in [0.717, 1.165) is 39.2 Å². The monoisotopic (exact) mass is 704 g/mol. The van der Waals surface area contributed by atoms with Crippen LogP contribution in [0.2, 0.25) is 0 Å². The van der Waals surface area contributed by atoms with Crippen LogP contribution in [0.3, 0.4) is 0 Å². The van der Waals surface area contributed by atoms with Crippen molar-refractivity contribution in [3.05, 3.63) is 108 Å². The van der Waals surface area contributed by atoms with Crippen LogP contribution < -0.4 is 28.4 Å². The van der Waals surface area contributed by atoms with Crippen LogP contribution in [0.1, 0.15) is 16.7 Å². The predicted octanol–water partition coefficient (Wildman–Crippen LogP) is 6.32. The van der Waals surface area contributed by atoms with E-state index in [4.69, 9.17) is 28.4 Å². The molecule has 11 heteroatoms. The summed E-state index contributed by atoms with van der Waals surface area (Å²) >= 11 is 0. The molecule has 0 bridgehead atoms. The highest BCUT2D eigenvalue weighted by molar-refractivity contribution is 5.83. The number of rotatable bonds is 14. The summed E-state index contributed by atoms with van der Waals surface area (Å²) in [5.74, 6) is 3.32. The highest BCUT2D eigenvalue weighted by atomic mass is 16.5. The molecular weight excluding hydrogens is 660 g/mol. The van der Waals surface area contributed by atoms with Crippen molar-refractivity contribution in [3.63, 3.8) is 0 Å². The van der Waals surface area contributed by atoms with Gasteiger partial charge in [0, 0.05) is 49.7 Å². The molecule has 11 nitrogen and oxygen atoms in total. The number of aromatic nitrogens is 2. The number of pyridine rings is 2. The van der Waals surface area contributed by atoms with Gasteiger partial charge in [0.2, 0.25) is 17.4 Å². The predicted molar refractivity (Wildman–Crippen MR) is 198 cm³/mol. The molecule has 1 saturated heterocycles. The maximum absolute atomic E-state index is 14.4. The third-order valence-electron chi connectivity index (χ3n) is 9.30. The van der Waals surface area contributed by atoms with Crippen LogP contribution in [0.15, 0.2) is 91.3 Å². The Morgan fingerprint density at radius 3 is 1.52 bits per heavy atom. The lowest BCUT2D eigenvalue weighted by atomic mass is 9.99. The third-order valence-corrected chi connectivity index (χ3v) is 9.30. The quantitative estimate of drug-likeness (QED) is 0.131. The first-order valence-corrected chi connectivity index (χ1v) is 17.0. The van der Waals surface area contributed by atoms with Crippen LogP contribution in [0.4, 0.5) is 0 Å². The molecule has 52 heavy (non-hydrogen) atoms. The number of nitrogens with zero attached hydrogens (tertiary/aromatic N) is 4. The van der Waals surface area contributed by atoms with Crippen LogP contribution in [0.5, 0.6) is 34.5 Å². The van der Waals surface area contributed by atoms with Crippen molar-refractivity contribution in [1.29, 1.82) is 0 Å². The minimum absolute atomic E-state index is 0.0835. The zero-order valence-electron chi connectivity index (χ0n) is 30.4. The Morgan fingerprint density at radius 2 is 1.06 bits per heavy atom. The van der Waals surface area contributed by atoms with Crippen molar-refractivity contribution in [1.82, 2.24) is 19.8 Å². The van der Waals surface area contributed by atoms with E-state index in [1.54, 1.807) is 55.1 Å². The van der Waals surface area contributed by atoms with Gasteiger partial charge in [0.25, 0.3) is 0 Å². The minimum atomic E-state index is -0.356. The lowest BCUT2D eigenvalue weighted by Crippen LogP contribution is -2.57. The van der Waals surface area contributed by atoms with Gasteiger partial charge >= 0.3 is 0 Å². The van der Waals surface area contributed by atoms with Crippen LogP contribution >= 0.6 is 0 Å². The Labute approximate surface area is 304 Å². The van der Waals surface area contributed by atoms with E-state index in [2.05, 4.69) is 33.1 Å². The van der Waals surface area contributed by atoms with E-state index >= 15 is 0 Å². The van der Waals surface area contributed by atoms with Crippen molar-refractivity contribution in [2.75, 3.05) is 55.7 Å². The normalized spacial score (nSPS) is 14.5. The Morgan fingerprint density at radius 1 is 0.577 bits per heavy atom. The summed E-state index contributed by atoms with van der Waals surface area (Å²) in [7, 11) is 9.53. The van der Waals surface area contributed by atoms with E-state index < -0.39 is 0 Å². The van der Waals surface area contributed by atoms with Gasteiger partial charge in [-0.3, -0.25) is 19.7 Å². The fraction of sp³-hybridized carbons (Fsp3) is 0.293. The summed E-state index contributed by atoms with van der Waals surface area (Å²) in [4.78, 5) is 27.9. The van der Waals surface area contributed by atoms with E-state index in [9.17, 15) is 4.79 Å². The molecule has 0 saturated carbocycles. The maximum Gasteiger partial charge on any atom is 0.240 e. The molecule has 3 aromatic carbocycles. The first-order chi connectivity index (χ1) is 25.4. The molecule has 0 N–H and O–H groups in total. The highest BCUT2D eigenvalue weighted by Crippen LogP contribution is 2.42. The zero-order valence-corrected chi connectivity index (χ0v) is 30.4. The van der Waals surface area contributed by atoms with Gasteiger partial charge in [-0.05, 0) is 71.6 Å². The van der Waals surface area contributed by atoms with Crippen molar-refractivity contribution < 1.29 is 33.2 Å². The van der Waals surface area contributed by atoms with E-state index in [-0.39, 0.29) is 11.9 Å².